The molecule has 1 heterocycles. The van der Waals surface area contributed by atoms with Gasteiger partial charge in [0.05, 0.1) is 18.1 Å². The summed E-state index contributed by atoms with van der Waals surface area (Å²) in [6.45, 7) is 3.51. The van der Waals surface area contributed by atoms with Gasteiger partial charge in [-0.15, -0.1) is 0 Å². The molecule has 6 nitrogen and oxygen atoms in total. The van der Waals surface area contributed by atoms with Crippen molar-refractivity contribution in [2.75, 3.05) is 31.6 Å². The highest BCUT2D eigenvalue weighted by atomic mass is 79.9. The van der Waals surface area contributed by atoms with Crippen LogP contribution in [0, 0.1) is 6.92 Å². The predicted molar refractivity (Wildman–Crippen MR) is 113 cm³/mol. The van der Waals surface area contributed by atoms with Crippen LogP contribution in [0.5, 0.6) is 0 Å². The number of benzene rings is 2. The van der Waals surface area contributed by atoms with Crippen LogP contribution in [0.15, 0.2) is 57.9 Å². The fourth-order valence-electron chi connectivity index (χ4n) is 2.71. The number of hydrogen-bond acceptors (Lipinski definition) is 4. The largest absolute Gasteiger partial charge is 0.379 e. The molecule has 0 saturated carbocycles. The van der Waals surface area contributed by atoms with Gasteiger partial charge >= 0.3 is 0 Å². The van der Waals surface area contributed by atoms with E-state index < -0.39 is 10.0 Å². The summed E-state index contributed by atoms with van der Waals surface area (Å²) in [4.78, 5) is 12.3. The molecule has 0 spiro atoms. The van der Waals surface area contributed by atoms with Gasteiger partial charge in [-0.2, -0.15) is 4.31 Å². The molecule has 1 aliphatic rings. The van der Waals surface area contributed by atoms with E-state index in [1.54, 1.807) is 30.3 Å². The number of ether oxygens (including phenoxy) is 1. The Bertz CT molecular complexity index is 982. The molecule has 0 unspecified atom stereocenters. The summed E-state index contributed by atoms with van der Waals surface area (Å²) in [6.07, 6.45) is 3.06. The molecule has 0 aliphatic carbocycles. The minimum atomic E-state index is -3.51. The van der Waals surface area contributed by atoms with Crippen molar-refractivity contribution in [1.82, 2.24) is 4.31 Å². The lowest BCUT2D eigenvalue weighted by molar-refractivity contribution is -0.111. The number of amides is 1. The number of nitrogens with one attached hydrogen (secondary N) is 1. The Morgan fingerprint density at radius 1 is 1.14 bits per heavy atom. The van der Waals surface area contributed by atoms with E-state index in [0.717, 1.165) is 15.6 Å². The summed E-state index contributed by atoms with van der Waals surface area (Å²) in [5.41, 5.74) is 2.51. The summed E-state index contributed by atoms with van der Waals surface area (Å²) in [5.74, 6) is -0.263. The first-order chi connectivity index (χ1) is 13.4. The average Bonchev–Trinajstić information content (AvgIpc) is 2.70. The van der Waals surface area contributed by atoms with Crippen molar-refractivity contribution in [3.05, 3.63) is 64.1 Å². The molecule has 3 rings (SSSR count). The molecule has 0 bridgehead atoms. The standard InChI is InChI=1S/C20H21BrN2O4S/c1-15-2-6-17(14-19(15)21)22-20(24)9-5-16-3-7-18(8-4-16)28(25,26)23-10-12-27-13-11-23/h2-9,14H,10-13H2,1H3,(H,22,24)/b9-5+. The van der Waals surface area contributed by atoms with Crippen molar-refractivity contribution in [3.63, 3.8) is 0 Å². The van der Waals surface area contributed by atoms with Crippen LogP contribution in [-0.2, 0) is 19.6 Å². The Morgan fingerprint density at radius 2 is 1.82 bits per heavy atom. The minimum Gasteiger partial charge on any atom is -0.379 e. The Kier molecular flexibility index (Phi) is 6.66. The molecule has 1 N–H and O–H groups in total. The maximum absolute atomic E-state index is 12.6. The first kappa shape index (κ1) is 20.7. The highest BCUT2D eigenvalue weighted by Gasteiger charge is 2.25. The van der Waals surface area contributed by atoms with Crippen LogP contribution in [0.4, 0.5) is 5.69 Å². The van der Waals surface area contributed by atoms with Crippen molar-refractivity contribution in [1.29, 1.82) is 0 Å². The lowest BCUT2D eigenvalue weighted by Crippen LogP contribution is -2.40. The van der Waals surface area contributed by atoms with E-state index in [0.29, 0.717) is 32.0 Å². The second-order valence-corrected chi connectivity index (χ2v) is 9.16. The van der Waals surface area contributed by atoms with Gasteiger partial charge in [0.2, 0.25) is 15.9 Å². The van der Waals surface area contributed by atoms with Gasteiger partial charge in [0, 0.05) is 29.3 Å². The van der Waals surface area contributed by atoms with Gasteiger partial charge in [-0.25, -0.2) is 8.42 Å². The number of nitrogens with zero attached hydrogens (tertiary/aromatic N) is 1. The van der Waals surface area contributed by atoms with E-state index >= 15 is 0 Å². The summed E-state index contributed by atoms with van der Waals surface area (Å²) in [6, 6.07) is 12.1. The number of hydrogen-bond donors (Lipinski definition) is 1. The van der Waals surface area contributed by atoms with Crippen molar-refractivity contribution < 1.29 is 17.9 Å². The van der Waals surface area contributed by atoms with E-state index in [1.807, 2.05) is 25.1 Å². The molecular formula is C20H21BrN2O4S. The molecule has 0 atom stereocenters. The zero-order chi connectivity index (χ0) is 20.1. The van der Waals surface area contributed by atoms with E-state index in [9.17, 15) is 13.2 Å². The van der Waals surface area contributed by atoms with Gasteiger partial charge in [-0.3, -0.25) is 4.79 Å². The van der Waals surface area contributed by atoms with Crippen LogP contribution in [0.25, 0.3) is 6.08 Å². The first-order valence-corrected chi connectivity index (χ1v) is 11.0. The topological polar surface area (TPSA) is 75.7 Å². The third-order valence-corrected chi connectivity index (χ3v) is 7.12. The van der Waals surface area contributed by atoms with Crippen LogP contribution in [0.2, 0.25) is 0 Å². The Hall–Kier alpha value is -2.00. The normalized spacial score (nSPS) is 15.6. The van der Waals surface area contributed by atoms with Crippen molar-refractivity contribution in [2.24, 2.45) is 0 Å². The van der Waals surface area contributed by atoms with Crippen LogP contribution in [0.1, 0.15) is 11.1 Å². The summed E-state index contributed by atoms with van der Waals surface area (Å²) in [7, 11) is -3.51. The zero-order valence-electron chi connectivity index (χ0n) is 15.4. The van der Waals surface area contributed by atoms with Crippen LogP contribution in [-0.4, -0.2) is 44.9 Å². The van der Waals surface area contributed by atoms with Crippen LogP contribution in [0.3, 0.4) is 0 Å². The van der Waals surface area contributed by atoms with Crippen molar-refractivity contribution in [3.8, 4) is 0 Å². The lowest BCUT2D eigenvalue weighted by atomic mass is 10.2. The number of rotatable bonds is 5. The number of sulfonamides is 1. The number of anilines is 1. The summed E-state index contributed by atoms with van der Waals surface area (Å²) in [5, 5.41) is 2.79. The highest BCUT2D eigenvalue weighted by Crippen LogP contribution is 2.21. The zero-order valence-corrected chi connectivity index (χ0v) is 17.8. The SMILES string of the molecule is Cc1ccc(NC(=O)/C=C/c2ccc(S(=O)(=O)N3CCOCC3)cc2)cc1Br. The summed E-state index contributed by atoms with van der Waals surface area (Å²) < 4.78 is 32.8. The number of carbonyl (C=O) groups is 1. The monoisotopic (exact) mass is 464 g/mol. The molecule has 1 aliphatic heterocycles. The van der Waals surface area contributed by atoms with Gasteiger partial charge in [0.25, 0.3) is 0 Å². The maximum Gasteiger partial charge on any atom is 0.248 e. The fourth-order valence-corrected chi connectivity index (χ4v) is 4.50. The van der Waals surface area contributed by atoms with E-state index in [-0.39, 0.29) is 10.8 Å². The van der Waals surface area contributed by atoms with E-state index in [1.165, 1.54) is 10.4 Å². The van der Waals surface area contributed by atoms with Crippen molar-refractivity contribution in [2.45, 2.75) is 11.8 Å². The van der Waals surface area contributed by atoms with Gasteiger partial charge in [-0.1, -0.05) is 34.1 Å². The van der Waals surface area contributed by atoms with Crippen molar-refractivity contribution >= 4 is 43.6 Å². The highest BCUT2D eigenvalue weighted by molar-refractivity contribution is 9.10. The number of carbonyl (C=O) groups excluding carboxylic acids is 1. The summed E-state index contributed by atoms with van der Waals surface area (Å²) >= 11 is 3.43. The average molecular weight is 465 g/mol. The fraction of sp³-hybridized carbons (Fsp3) is 0.250. The maximum atomic E-state index is 12.6. The van der Waals surface area contributed by atoms with Gasteiger partial charge in [0.1, 0.15) is 0 Å². The number of morpholine rings is 1. The second kappa shape index (κ2) is 9.00. The number of halogens is 1. The smallest absolute Gasteiger partial charge is 0.248 e. The second-order valence-electron chi connectivity index (χ2n) is 6.37. The Labute approximate surface area is 173 Å². The quantitative estimate of drug-likeness (QED) is 0.687. The molecule has 8 heteroatoms. The molecular weight excluding hydrogens is 444 g/mol. The molecule has 1 amide bonds. The molecule has 2 aromatic carbocycles. The van der Waals surface area contributed by atoms with E-state index in [4.69, 9.17) is 4.74 Å². The van der Waals surface area contributed by atoms with E-state index in [2.05, 4.69) is 21.2 Å². The minimum absolute atomic E-state index is 0.237. The molecule has 1 fully saturated rings. The molecule has 28 heavy (non-hydrogen) atoms. The predicted octanol–water partition coefficient (Wildman–Crippen LogP) is 3.43. The van der Waals surface area contributed by atoms with Gasteiger partial charge < -0.3 is 10.1 Å². The first-order valence-electron chi connectivity index (χ1n) is 8.79. The van der Waals surface area contributed by atoms with Crippen LogP contribution < -0.4 is 5.32 Å². The third kappa shape index (κ3) is 5.08. The Morgan fingerprint density at radius 3 is 2.46 bits per heavy atom. The molecule has 0 aromatic heterocycles. The van der Waals surface area contributed by atoms with Gasteiger partial charge in [-0.05, 0) is 48.4 Å². The lowest BCUT2D eigenvalue weighted by Gasteiger charge is -2.26. The Balaban J connectivity index is 1.64. The molecule has 0 radical (unpaired) electrons. The number of aryl methyl sites for hydroxylation is 1. The molecule has 1 saturated heterocycles. The molecule has 148 valence electrons. The van der Waals surface area contributed by atoms with Gasteiger partial charge in [0.15, 0.2) is 0 Å². The molecule has 2 aromatic rings. The third-order valence-electron chi connectivity index (χ3n) is 4.35. The van der Waals surface area contributed by atoms with Crippen LogP contribution >= 0.6 is 15.9 Å².